The minimum atomic E-state index is -0.348. The van der Waals surface area contributed by atoms with Crippen LogP contribution in [-0.4, -0.2) is 11.2 Å². The second-order valence-corrected chi connectivity index (χ2v) is 5.79. The van der Waals surface area contributed by atoms with E-state index < -0.39 is 0 Å². The molecule has 0 bridgehead atoms. The van der Waals surface area contributed by atoms with Crippen LogP contribution in [0.5, 0.6) is 0 Å². The van der Waals surface area contributed by atoms with Crippen molar-refractivity contribution in [2.45, 2.75) is 36.2 Å². The van der Waals surface area contributed by atoms with Crippen LogP contribution < -0.4 is 5.73 Å². The standard InChI is InChI=1S/C13H16FNOS/c14-10-7-5-9(6-8-10)12(13(15)16)17-11-3-1-2-4-11/h5-8,11-12H,1-4H2,(H2,15,16). The molecular weight excluding hydrogens is 237 g/mol. The molecule has 1 amide bonds. The van der Waals surface area contributed by atoms with Crippen molar-refractivity contribution in [1.82, 2.24) is 0 Å². The van der Waals surface area contributed by atoms with E-state index in [2.05, 4.69) is 0 Å². The Morgan fingerprint density at radius 3 is 2.41 bits per heavy atom. The molecule has 1 aliphatic rings. The van der Waals surface area contributed by atoms with Gasteiger partial charge in [0.05, 0.1) is 0 Å². The van der Waals surface area contributed by atoms with Gasteiger partial charge in [-0.3, -0.25) is 4.79 Å². The van der Waals surface area contributed by atoms with Crippen LogP contribution in [0, 0.1) is 5.82 Å². The van der Waals surface area contributed by atoms with Crippen LogP contribution in [0.4, 0.5) is 4.39 Å². The lowest BCUT2D eigenvalue weighted by molar-refractivity contribution is -0.117. The first-order valence-electron chi connectivity index (χ1n) is 5.87. The lowest BCUT2D eigenvalue weighted by Gasteiger charge is -2.17. The molecule has 92 valence electrons. The third-order valence-electron chi connectivity index (χ3n) is 3.06. The minimum absolute atomic E-state index is 0.289. The Labute approximate surface area is 105 Å². The zero-order valence-corrected chi connectivity index (χ0v) is 10.4. The maximum atomic E-state index is 12.8. The molecule has 1 aliphatic carbocycles. The van der Waals surface area contributed by atoms with E-state index in [1.807, 2.05) is 0 Å². The van der Waals surface area contributed by atoms with Gasteiger partial charge >= 0.3 is 0 Å². The predicted octanol–water partition coefficient (Wildman–Crippen LogP) is 3.03. The Balaban J connectivity index is 2.10. The third kappa shape index (κ3) is 3.22. The van der Waals surface area contributed by atoms with Crippen LogP contribution in [0.15, 0.2) is 24.3 Å². The van der Waals surface area contributed by atoms with E-state index in [-0.39, 0.29) is 17.0 Å². The normalized spacial score (nSPS) is 18.2. The monoisotopic (exact) mass is 253 g/mol. The van der Waals surface area contributed by atoms with E-state index in [1.54, 1.807) is 23.9 Å². The second kappa shape index (κ2) is 5.54. The SMILES string of the molecule is NC(=O)C(SC1CCCC1)c1ccc(F)cc1. The second-order valence-electron chi connectivity index (χ2n) is 4.38. The van der Waals surface area contributed by atoms with Crippen molar-refractivity contribution in [3.05, 3.63) is 35.6 Å². The molecular formula is C13H16FNOS. The Kier molecular flexibility index (Phi) is 4.05. The van der Waals surface area contributed by atoms with Gasteiger partial charge in [-0.15, -0.1) is 11.8 Å². The molecule has 1 atom stereocenters. The molecule has 2 nitrogen and oxygen atoms in total. The number of primary amides is 1. The van der Waals surface area contributed by atoms with Gasteiger partial charge in [0, 0.05) is 5.25 Å². The fourth-order valence-electron chi connectivity index (χ4n) is 2.16. The Morgan fingerprint density at radius 1 is 1.29 bits per heavy atom. The molecule has 0 aromatic heterocycles. The van der Waals surface area contributed by atoms with Crippen molar-refractivity contribution in [3.8, 4) is 0 Å². The highest BCUT2D eigenvalue weighted by molar-refractivity contribution is 8.00. The number of rotatable bonds is 4. The van der Waals surface area contributed by atoms with Crippen LogP contribution in [0.2, 0.25) is 0 Å². The maximum Gasteiger partial charge on any atom is 0.235 e. The number of carbonyl (C=O) groups excluding carboxylic acids is 1. The summed E-state index contributed by atoms with van der Waals surface area (Å²) in [6, 6.07) is 6.04. The van der Waals surface area contributed by atoms with Crippen LogP contribution in [0.25, 0.3) is 0 Å². The topological polar surface area (TPSA) is 43.1 Å². The van der Waals surface area contributed by atoms with Crippen molar-refractivity contribution < 1.29 is 9.18 Å². The number of benzene rings is 1. The van der Waals surface area contributed by atoms with E-state index in [0.717, 1.165) is 18.4 Å². The summed E-state index contributed by atoms with van der Waals surface area (Å²) in [6.07, 6.45) is 4.75. The first-order chi connectivity index (χ1) is 8.16. The predicted molar refractivity (Wildman–Crippen MR) is 68.2 cm³/mol. The highest BCUT2D eigenvalue weighted by Gasteiger charge is 2.25. The summed E-state index contributed by atoms with van der Waals surface area (Å²) in [4.78, 5) is 11.5. The van der Waals surface area contributed by atoms with E-state index in [1.165, 1.54) is 25.0 Å². The molecule has 0 spiro atoms. The minimum Gasteiger partial charge on any atom is -0.368 e. The van der Waals surface area contributed by atoms with Crippen molar-refractivity contribution in [2.75, 3.05) is 0 Å². The molecule has 0 aliphatic heterocycles. The van der Waals surface area contributed by atoms with Crippen LogP contribution >= 0.6 is 11.8 Å². The first kappa shape index (κ1) is 12.4. The highest BCUT2D eigenvalue weighted by Crippen LogP contribution is 2.39. The summed E-state index contributed by atoms with van der Waals surface area (Å²) < 4.78 is 12.8. The molecule has 1 aromatic rings. The molecule has 2 rings (SSSR count). The zero-order chi connectivity index (χ0) is 12.3. The van der Waals surface area contributed by atoms with Crippen molar-refractivity contribution in [1.29, 1.82) is 0 Å². The van der Waals surface area contributed by atoms with Gasteiger partial charge in [-0.1, -0.05) is 25.0 Å². The average molecular weight is 253 g/mol. The van der Waals surface area contributed by atoms with Gasteiger partial charge in [0.2, 0.25) is 5.91 Å². The van der Waals surface area contributed by atoms with Gasteiger partial charge in [-0.05, 0) is 30.5 Å². The molecule has 4 heteroatoms. The van der Waals surface area contributed by atoms with Crippen LogP contribution in [0.3, 0.4) is 0 Å². The first-order valence-corrected chi connectivity index (χ1v) is 6.81. The molecule has 1 unspecified atom stereocenters. The van der Waals surface area contributed by atoms with Crippen molar-refractivity contribution in [2.24, 2.45) is 5.73 Å². The smallest absolute Gasteiger partial charge is 0.235 e. The largest absolute Gasteiger partial charge is 0.368 e. The number of halogens is 1. The molecule has 0 heterocycles. The number of carbonyl (C=O) groups is 1. The Morgan fingerprint density at radius 2 is 1.88 bits per heavy atom. The molecule has 0 saturated heterocycles. The number of nitrogens with two attached hydrogens (primary N) is 1. The molecule has 0 radical (unpaired) electrons. The molecule has 1 saturated carbocycles. The van der Waals surface area contributed by atoms with Crippen LogP contribution in [-0.2, 0) is 4.79 Å². The summed E-state index contributed by atoms with van der Waals surface area (Å²) in [6.45, 7) is 0. The number of amides is 1. The van der Waals surface area contributed by atoms with Gasteiger partial charge in [-0.25, -0.2) is 4.39 Å². The summed E-state index contributed by atoms with van der Waals surface area (Å²) in [5.74, 6) is -0.628. The van der Waals surface area contributed by atoms with E-state index >= 15 is 0 Å². The van der Waals surface area contributed by atoms with Gasteiger partial charge < -0.3 is 5.73 Å². The van der Waals surface area contributed by atoms with E-state index in [9.17, 15) is 9.18 Å². The van der Waals surface area contributed by atoms with Gasteiger partial charge in [0.1, 0.15) is 11.1 Å². The molecule has 17 heavy (non-hydrogen) atoms. The fraction of sp³-hybridized carbons (Fsp3) is 0.462. The quantitative estimate of drug-likeness (QED) is 0.896. The summed E-state index contributed by atoms with van der Waals surface area (Å²) in [5.41, 5.74) is 6.23. The fourth-order valence-corrected chi connectivity index (χ4v) is 3.60. The van der Waals surface area contributed by atoms with Gasteiger partial charge in [0.25, 0.3) is 0 Å². The van der Waals surface area contributed by atoms with E-state index in [0.29, 0.717) is 5.25 Å². The molecule has 2 N–H and O–H groups in total. The molecule has 1 aromatic carbocycles. The lowest BCUT2D eigenvalue weighted by atomic mass is 10.1. The number of hydrogen-bond acceptors (Lipinski definition) is 2. The van der Waals surface area contributed by atoms with E-state index in [4.69, 9.17) is 5.73 Å². The Bertz CT molecular complexity index is 387. The van der Waals surface area contributed by atoms with Gasteiger partial charge in [0.15, 0.2) is 0 Å². The van der Waals surface area contributed by atoms with Crippen LogP contribution in [0.1, 0.15) is 36.5 Å². The summed E-state index contributed by atoms with van der Waals surface area (Å²) >= 11 is 1.62. The number of hydrogen-bond donors (Lipinski definition) is 1. The van der Waals surface area contributed by atoms with Crippen molar-refractivity contribution in [3.63, 3.8) is 0 Å². The van der Waals surface area contributed by atoms with Crippen molar-refractivity contribution >= 4 is 17.7 Å². The zero-order valence-electron chi connectivity index (χ0n) is 9.56. The average Bonchev–Trinajstić information content (AvgIpc) is 2.80. The molecule has 1 fully saturated rings. The summed E-state index contributed by atoms with van der Waals surface area (Å²) in [5, 5.41) is 0.163. The highest BCUT2D eigenvalue weighted by atomic mass is 32.2. The Hall–Kier alpha value is -1.03. The maximum absolute atomic E-state index is 12.8. The number of thioether (sulfide) groups is 1. The van der Waals surface area contributed by atoms with Gasteiger partial charge in [-0.2, -0.15) is 0 Å². The summed E-state index contributed by atoms with van der Waals surface area (Å²) in [7, 11) is 0. The third-order valence-corrected chi connectivity index (χ3v) is 4.69. The lowest BCUT2D eigenvalue weighted by Crippen LogP contribution is -2.20.